The standard InChI is InChI=1S/C20H23NO3S/c1-20(2,3)24-19(25)17(22)16(14-10-6-4-7-11-14)21-18(23)15-12-8-5-9-13-15/h4-13,16-17,22H,1-3H3,(H,21,23)/t16-,17+/m0/s1. The summed E-state index contributed by atoms with van der Waals surface area (Å²) in [7, 11) is 0. The van der Waals surface area contributed by atoms with Crippen LogP contribution >= 0.6 is 12.2 Å². The number of ether oxygens (including phenoxy) is 1. The fraction of sp³-hybridized carbons (Fsp3) is 0.300. The molecule has 2 rings (SSSR count). The lowest BCUT2D eigenvalue weighted by molar-refractivity contribution is 0.0741. The molecule has 25 heavy (non-hydrogen) atoms. The molecule has 4 nitrogen and oxygen atoms in total. The van der Waals surface area contributed by atoms with Crippen LogP contribution in [0.5, 0.6) is 0 Å². The van der Waals surface area contributed by atoms with Crippen LogP contribution in [-0.4, -0.2) is 27.8 Å². The number of carbonyl (C=O) groups is 1. The van der Waals surface area contributed by atoms with E-state index in [9.17, 15) is 9.90 Å². The van der Waals surface area contributed by atoms with Gasteiger partial charge < -0.3 is 15.2 Å². The highest BCUT2D eigenvalue weighted by Crippen LogP contribution is 2.21. The van der Waals surface area contributed by atoms with Crippen LogP contribution in [0.1, 0.15) is 42.7 Å². The Morgan fingerprint density at radius 3 is 2.08 bits per heavy atom. The van der Waals surface area contributed by atoms with Gasteiger partial charge in [0, 0.05) is 5.56 Å². The molecule has 1 amide bonds. The fourth-order valence-corrected chi connectivity index (χ4v) is 2.70. The number of benzene rings is 2. The number of amides is 1. The Bertz CT molecular complexity index is 711. The molecule has 0 unspecified atom stereocenters. The van der Waals surface area contributed by atoms with Crippen LogP contribution in [0.2, 0.25) is 0 Å². The van der Waals surface area contributed by atoms with Crippen LogP contribution in [-0.2, 0) is 4.74 Å². The predicted octanol–water partition coefficient (Wildman–Crippen LogP) is 3.66. The molecule has 0 saturated heterocycles. The number of nitrogens with one attached hydrogen (secondary N) is 1. The maximum absolute atomic E-state index is 12.5. The lowest BCUT2D eigenvalue weighted by Gasteiger charge is -2.29. The van der Waals surface area contributed by atoms with Gasteiger partial charge in [0.15, 0.2) is 5.05 Å². The summed E-state index contributed by atoms with van der Waals surface area (Å²) >= 11 is 5.25. The number of aliphatic hydroxyl groups is 1. The van der Waals surface area contributed by atoms with Gasteiger partial charge in [-0.05, 0) is 50.7 Å². The summed E-state index contributed by atoms with van der Waals surface area (Å²) in [5.74, 6) is -0.285. The Labute approximate surface area is 153 Å². The number of hydrogen-bond donors (Lipinski definition) is 2. The normalized spacial score (nSPS) is 13.6. The van der Waals surface area contributed by atoms with E-state index >= 15 is 0 Å². The van der Waals surface area contributed by atoms with Crippen molar-refractivity contribution in [3.05, 3.63) is 71.8 Å². The summed E-state index contributed by atoms with van der Waals surface area (Å²) in [6.07, 6.45) is -1.15. The minimum atomic E-state index is -1.15. The molecule has 132 valence electrons. The minimum Gasteiger partial charge on any atom is -0.479 e. The molecule has 0 aliphatic heterocycles. The summed E-state index contributed by atoms with van der Waals surface area (Å²) in [6.45, 7) is 5.56. The van der Waals surface area contributed by atoms with Crippen molar-refractivity contribution in [2.24, 2.45) is 0 Å². The van der Waals surface area contributed by atoms with Crippen LogP contribution in [0.4, 0.5) is 0 Å². The topological polar surface area (TPSA) is 58.6 Å². The summed E-state index contributed by atoms with van der Waals surface area (Å²) in [4.78, 5) is 12.5. The smallest absolute Gasteiger partial charge is 0.251 e. The van der Waals surface area contributed by atoms with E-state index in [2.05, 4.69) is 5.32 Å². The SMILES string of the molecule is CC(C)(C)OC(=S)[C@H](O)[C@@H](NC(=O)c1ccccc1)c1ccccc1. The largest absolute Gasteiger partial charge is 0.479 e. The van der Waals surface area contributed by atoms with Crippen molar-refractivity contribution < 1.29 is 14.6 Å². The Morgan fingerprint density at radius 2 is 1.56 bits per heavy atom. The van der Waals surface area contributed by atoms with E-state index in [0.29, 0.717) is 5.56 Å². The zero-order valence-electron chi connectivity index (χ0n) is 14.6. The first-order valence-corrected chi connectivity index (χ1v) is 8.50. The number of hydrogen-bond acceptors (Lipinski definition) is 4. The van der Waals surface area contributed by atoms with Crippen LogP contribution in [0.3, 0.4) is 0 Å². The molecule has 2 aromatic rings. The Morgan fingerprint density at radius 1 is 1.04 bits per heavy atom. The van der Waals surface area contributed by atoms with E-state index in [1.165, 1.54) is 0 Å². The summed E-state index contributed by atoms with van der Waals surface area (Å²) in [6, 6.07) is 17.4. The van der Waals surface area contributed by atoms with Crippen LogP contribution < -0.4 is 5.32 Å². The van der Waals surface area contributed by atoms with Crippen molar-refractivity contribution in [3.63, 3.8) is 0 Å². The van der Waals surface area contributed by atoms with Crippen molar-refractivity contribution in [1.29, 1.82) is 0 Å². The molecule has 2 atom stereocenters. The zero-order valence-corrected chi connectivity index (χ0v) is 15.4. The van der Waals surface area contributed by atoms with Gasteiger partial charge in [-0.3, -0.25) is 4.79 Å². The van der Waals surface area contributed by atoms with Crippen molar-refractivity contribution in [3.8, 4) is 0 Å². The monoisotopic (exact) mass is 357 g/mol. The second-order valence-corrected chi connectivity index (χ2v) is 7.11. The molecule has 2 aromatic carbocycles. The number of carbonyl (C=O) groups excluding carboxylic acids is 1. The van der Waals surface area contributed by atoms with Gasteiger partial charge in [-0.2, -0.15) is 0 Å². The lowest BCUT2D eigenvalue weighted by atomic mass is 10.0. The third kappa shape index (κ3) is 5.66. The second-order valence-electron chi connectivity index (χ2n) is 6.71. The van der Waals surface area contributed by atoms with E-state index in [4.69, 9.17) is 17.0 Å². The first-order chi connectivity index (χ1) is 11.8. The summed E-state index contributed by atoms with van der Waals surface area (Å²) < 4.78 is 5.62. The van der Waals surface area contributed by atoms with Crippen molar-refractivity contribution in [1.82, 2.24) is 5.32 Å². The first-order valence-electron chi connectivity index (χ1n) is 8.10. The van der Waals surface area contributed by atoms with Gasteiger partial charge in [0.2, 0.25) is 0 Å². The Balaban J connectivity index is 2.25. The first kappa shape index (κ1) is 19.1. The molecule has 0 radical (unpaired) electrons. The predicted molar refractivity (Wildman–Crippen MR) is 103 cm³/mol. The summed E-state index contributed by atoms with van der Waals surface area (Å²) in [5, 5.41) is 13.6. The highest BCUT2D eigenvalue weighted by atomic mass is 32.1. The van der Waals surface area contributed by atoms with Gasteiger partial charge in [0.1, 0.15) is 11.7 Å². The number of aliphatic hydroxyl groups excluding tert-OH is 1. The van der Waals surface area contributed by atoms with E-state index in [-0.39, 0.29) is 11.0 Å². The molecule has 0 bridgehead atoms. The maximum Gasteiger partial charge on any atom is 0.251 e. The number of rotatable bonds is 5. The van der Waals surface area contributed by atoms with Gasteiger partial charge in [0.05, 0.1) is 6.04 Å². The summed E-state index contributed by atoms with van der Waals surface area (Å²) in [5.41, 5.74) is 0.736. The Hall–Kier alpha value is -2.24. The quantitative estimate of drug-likeness (QED) is 0.802. The fourth-order valence-electron chi connectivity index (χ4n) is 2.32. The highest BCUT2D eigenvalue weighted by Gasteiger charge is 2.30. The molecule has 0 aromatic heterocycles. The van der Waals surface area contributed by atoms with Crippen molar-refractivity contribution in [2.45, 2.75) is 38.5 Å². The van der Waals surface area contributed by atoms with Gasteiger partial charge in [-0.1, -0.05) is 48.5 Å². The average molecular weight is 357 g/mol. The molecule has 0 aliphatic carbocycles. The molecule has 5 heteroatoms. The minimum absolute atomic E-state index is 0.0507. The number of thiocarbonyl (C=S) groups is 1. The van der Waals surface area contributed by atoms with Gasteiger partial charge in [-0.25, -0.2) is 0 Å². The van der Waals surface area contributed by atoms with Crippen molar-refractivity contribution >= 4 is 23.2 Å². The van der Waals surface area contributed by atoms with Crippen LogP contribution in [0.25, 0.3) is 0 Å². The average Bonchev–Trinajstić information content (AvgIpc) is 2.59. The van der Waals surface area contributed by atoms with Gasteiger partial charge in [0.25, 0.3) is 5.91 Å². The zero-order chi connectivity index (χ0) is 18.4. The van der Waals surface area contributed by atoms with Crippen molar-refractivity contribution in [2.75, 3.05) is 0 Å². The van der Waals surface area contributed by atoms with Gasteiger partial charge >= 0.3 is 0 Å². The third-order valence-corrected chi connectivity index (χ3v) is 3.77. The van der Waals surface area contributed by atoms with E-state index < -0.39 is 17.7 Å². The van der Waals surface area contributed by atoms with Gasteiger partial charge in [-0.15, -0.1) is 0 Å². The molecule has 2 N–H and O–H groups in total. The lowest BCUT2D eigenvalue weighted by Crippen LogP contribution is -2.42. The molecule has 0 spiro atoms. The maximum atomic E-state index is 12.5. The molecular formula is C20H23NO3S. The van der Waals surface area contributed by atoms with Crippen LogP contribution in [0.15, 0.2) is 60.7 Å². The molecule has 0 saturated carbocycles. The molecule has 0 heterocycles. The van der Waals surface area contributed by atoms with E-state index in [0.717, 1.165) is 5.56 Å². The highest BCUT2D eigenvalue weighted by molar-refractivity contribution is 7.80. The van der Waals surface area contributed by atoms with E-state index in [1.54, 1.807) is 24.3 Å². The second kappa shape index (κ2) is 8.23. The van der Waals surface area contributed by atoms with Crippen LogP contribution in [0, 0.1) is 0 Å². The third-order valence-electron chi connectivity index (χ3n) is 3.45. The molecular weight excluding hydrogens is 334 g/mol. The van der Waals surface area contributed by atoms with E-state index in [1.807, 2.05) is 57.2 Å². The molecule has 0 fully saturated rings. The molecule has 0 aliphatic rings. The Kier molecular flexibility index (Phi) is 6.28.